The molecule has 0 radical (unpaired) electrons. The predicted molar refractivity (Wildman–Crippen MR) is 89.3 cm³/mol. The molecule has 0 aliphatic rings. The van der Waals surface area contributed by atoms with Crippen LogP contribution in [0.5, 0.6) is 0 Å². The number of ether oxygens (including phenoxy) is 2. The summed E-state index contributed by atoms with van der Waals surface area (Å²) in [5.74, 6) is -1.59. The van der Waals surface area contributed by atoms with E-state index in [2.05, 4.69) is 10.3 Å². The first-order chi connectivity index (χ1) is 11.5. The van der Waals surface area contributed by atoms with Gasteiger partial charge in [0.2, 0.25) is 0 Å². The van der Waals surface area contributed by atoms with E-state index in [4.69, 9.17) is 21.1 Å². The van der Waals surface area contributed by atoms with Crippen molar-refractivity contribution in [2.24, 2.45) is 0 Å². The maximum absolute atomic E-state index is 13.1. The summed E-state index contributed by atoms with van der Waals surface area (Å²) in [5.41, 5.74) is -3.76. The minimum Gasteiger partial charge on any atom is -0.456 e. The van der Waals surface area contributed by atoms with Crippen molar-refractivity contribution in [1.29, 1.82) is 0 Å². The largest absolute Gasteiger partial charge is 0.456 e. The van der Waals surface area contributed by atoms with E-state index in [-0.39, 0.29) is 0 Å². The highest BCUT2D eigenvalue weighted by Crippen LogP contribution is 2.36. The lowest BCUT2D eigenvalue weighted by Crippen LogP contribution is -2.29. The Labute approximate surface area is 154 Å². The molecule has 6 nitrogen and oxygen atoms in total. The quantitative estimate of drug-likeness (QED) is 0.558. The molecular formula is C16H20ClF3N2O4. The molecular weight excluding hydrogens is 377 g/mol. The summed E-state index contributed by atoms with van der Waals surface area (Å²) in [5, 5.41) is 1.21. The van der Waals surface area contributed by atoms with Gasteiger partial charge in [-0.3, -0.25) is 5.32 Å². The first kappa shape index (κ1) is 22.0. The number of pyridine rings is 1. The van der Waals surface area contributed by atoms with Gasteiger partial charge in [0.25, 0.3) is 0 Å². The van der Waals surface area contributed by atoms with Crippen LogP contribution in [-0.4, -0.2) is 28.2 Å². The molecule has 0 aliphatic heterocycles. The Kier molecular flexibility index (Phi) is 6.18. The van der Waals surface area contributed by atoms with Gasteiger partial charge in [-0.25, -0.2) is 14.6 Å². The van der Waals surface area contributed by atoms with Crippen LogP contribution in [-0.2, 0) is 15.7 Å². The maximum atomic E-state index is 13.1. The number of anilines is 1. The molecule has 1 heterocycles. The third kappa shape index (κ3) is 6.70. The van der Waals surface area contributed by atoms with E-state index in [1.807, 2.05) is 0 Å². The second-order valence-electron chi connectivity index (χ2n) is 7.35. The molecule has 1 rings (SSSR count). The fraction of sp³-hybridized carbons (Fsp3) is 0.562. The zero-order valence-corrected chi connectivity index (χ0v) is 15.9. The van der Waals surface area contributed by atoms with Gasteiger partial charge in [-0.1, -0.05) is 11.6 Å². The number of carbonyl (C=O) groups is 2. The number of aromatic nitrogens is 1. The van der Waals surface area contributed by atoms with Gasteiger partial charge in [-0.2, -0.15) is 13.2 Å². The minimum atomic E-state index is -4.84. The molecule has 0 bridgehead atoms. The average molecular weight is 397 g/mol. The molecule has 0 saturated carbocycles. The van der Waals surface area contributed by atoms with Crippen LogP contribution in [0.4, 0.5) is 23.8 Å². The van der Waals surface area contributed by atoms with Crippen molar-refractivity contribution in [3.8, 4) is 0 Å². The number of hydrogen-bond donors (Lipinski definition) is 1. The molecule has 0 aromatic carbocycles. The van der Waals surface area contributed by atoms with Crippen LogP contribution in [0.25, 0.3) is 0 Å². The Morgan fingerprint density at radius 3 is 1.96 bits per heavy atom. The van der Waals surface area contributed by atoms with Gasteiger partial charge in [-0.15, -0.1) is 0 Å². The molecule has 10 heteroatoms. The summed E-state index contributed by atoms with van der Waals surface area (Å²) in [4.78, 5) is 27.7. The van der Waals surface area contributed by atoms with Crippen LogP contribution in [0.2, 0.25) is 5.15 Å². The number of rotatable bonds is 2. The fourth-order valence-corrected chi connectivity index (χ4v) is 1.92. The van der Waals surface area contributed by atoms with Crippen LogP contribution in [0.1, 0.15) is 57.5 Å². The van der Waals surface area contributed by atoms with E-state index < -0.39 is 51.5 Å². The number of amides is 1. The summed E-state index contributed by atoms with van der Waals surface area (Å²) in [6.07, 6.45) is -5.85. The number of esters is 1. The van der Waals surface area contributed by atoms with E-state index >= 15 is 0 Å². The van der Waals surface area contributed by atoms with Gasteiger partial charge in [0.1, 0.15) is 21.9 Å². The lowest BCUT2D eigenvalue weighted by molar-refractivity contribution is -0.137. The Morgan fingerprint density at radius 1 is 1.04 bits per heavy atom. The standard InChI is InChI=1S/C16H20ClF3N2O4/c1-14(2,3)25-12(23)8-7-9(16(18,19)20)10(17)21-11(8)22-13(24)26-15(4,5)6/h7H,1-6H3,(H,21,22,24). The number of nitrogens with zero attached hydrogens (tertiary/aromatic N) is 1. The van der Waals surface area contributed by atoms with E-state index in [0.29, 0.717) is 6.07 Å². The average Bonchev–Trinajstić information content (AvgIpc) is 2.31. The number of hydrogen-bond acceptors (Lipinski definition) is 5. The SMILES string of the molecule is CC(C)(C)OC(=O)Nc1nc(Cl)c(C(F)(F)F)cc1C(=O)OC(C)(C)C. The van der Waals surface area contributed by atoms with Gasteiger partial charge < -0.3 is 9.47 Å². The van der Waals surface area contributed by atoms with Crippen molar-refractivity contribution in [2.75, 3.05) is 5.32 Å². The van der Waals surface area contributed by atoms with Gasteiger partial charge in [0.15, 0.2) is 5.82 Å². The van der Waals surface area contributed by atoms with Crippen LogP contribution < -0.4 is 5.32 Å². The summed E-state index contributed by atoms with van der Waals surface area (Å²) in [7, 11) is 0. The summed E-state index contributed by atoms with van der Waals surface area (Å²) in [6, 6.07) is 0.482. The molecule has 26 heavy (non-hydrogen) atoms. The molecule has 146 valence electrons. The van der Waals surface area contributed by atoms with Gasteiger partial charge in [0.05, 0.1) is 5.56 Å². The van der Waals surface area contributed by atoms with Crippen LogP contribution >= 0.6 is 11.6 Å². The van der Waals surface area contributed by atoms with Crippen molar-refractivity contribution in [1.82, 2.24) is 4.98 Å². The number of halogens is 4. The monoisotopic (exact) mass is 396 g/mol. The normalized spacial score (nSPS) is 12.5. The van der Waals surface area contributed by atoms with E-state index in [9.17, 15) is 22.8 Å². The zero-order valence-electron chi connectivity index (χ0n) is 15.2. The highest BCUT2D eigenvalue weighted by molar-refractivity contribution is 6.30. The second kappa shape index (κ2) is 7.30. The van der Waals surface area contributed by atoms with Crippen molar-refractivity contribution in [3.05, 3.63) is 22.3 Å². The van der Waals surface area contributed by atoms with Gasteiger partial charge >= 0.3 is 18.2 Å². The molecule has 1 amide bonds. The topological polar surface area (TPSA) is 77.5 Å². The van der Waals surface area contributed by atoms with Crippen molar-refractivity contribution in [3.63, 3.8) is 0 Å². The smallest absolute Gasteiger partial charge is 0.419 e. The Hall–Kier alpha value is -2.03. The van der Waals surface area contributed by atoms with E-state index in [1.54, 1.807) is 41.5 Å². The molecule has 1 aromatic rings. The van der Waals surface area contributed by atoms with E-state index in [1.165, 1.54) is 0 Å². The molecule has 1 aromatic heterocycles. The lowest BCUT2D eigenvalue weighted by atomic mass is 10.1. The van der Waals surface area contributed by atoms with Gasteiger partial charge in [-0.05, 0) is 47.6 Å². The number of alkyl halides is 3. The Bertz CT molecular complexity index is 707. The molecule has 0 aliphatic carbocycles. The summed E-state index contributed by atoms with van der Waals surface area (Å²) in [6.45, 7) is 9.40. The van der Waals surface area contributed by atoms with Crippen LogP contribution in [0, 0.1) is 0 Å². The zero-order chi connectivity index (χ0) is 20.5. The van der Waals surface area contributed by atoms with Crippen LogP contribution in [0.3, 0.4) is 0 Å². The summed E-state index contributed by atoms with van der Waals surface area (Å²) >= 11 is 5.57. The molecule has 0 saturated heterocycles. The second-order valence-corrected chi connectivity index (χ2v) is 7.71. The van der Waals surface area contributed by atoms with Gasteiger partial charge in [0, 0.05) is 0 Å². The van der Waals surface area contributed by atoms with Crippen molar-refractivity contribution in [2.45, 2.75) is 58.9 Å². The Morgan fingerprint density at radius 2 is 1.54 bits per heavy atom. The third-order valence-electron chi connectivity index (χ3n) is 2.52. The number of carbonyl (C=O) groups excluding carboxylic acids is 2. The minimum absolute atomic E-state index is 0.482. The number of nitrogens with one attached hydrogen (secondary N) is 1. The molecule has 0 fully saturated rings. The lowest BCUT2D eigenvalue weighted by Gasteiger charge is -2.22. The highest BCUT2D eigenvalue weighted by Gasteiger charge is 2.37. The molecule has 0 atom stereocenters. The highest BCUT2D eigenvalue weighted by atomic mass is 35.5. The predicted octanol–water partition coefficient (Wildman–Crippen LogP) is 5.06. The van der Waals surface area contributed by atoms with Crippen molar-refractivity contribution < 1.29 is 32.2 Å². The maximum Gasteiger partial charge on any atom is 0.419 e. The fourth-order valence-electron chi connectivity index (χ4n) is 1.67. The summed E-state index contributed by atoms with van der Waals surface area (Å²) < 4.78 is 49.3. The third-order valence-corrected chi connectivity index (χ3v) is 2.81. The first-order valence-corrected chi connectivity index (χ1v) is 7.88. The van der Waals surface area contributed by atoms with Crippen molar-refractivity contribution >= 4 is 29.5 Å². The first-order valence-electron chi connectivity index (χ1n) is 7.51. The Balaban J connectivity index is 3.37. The van der Waals surface area contributed by atoms with E-state index in [0.717, 1.165) is 0 Å². The molecule has 0 spiro atoms. The molecule has 1 N–H and O–H groups in total. The van der Waals surface area contributed by atoms with Crippen LogP contribution in [0.15, 0.2) is 6.07 Å². The molecule has 0 unspecified atom stereocenters.